The van der Waals surface area contributed by atoms with E-state index in [0.29, 0.717) is 0 Å². The molecule has 3 heteroatoms. The predicted octanol–water partition coefficient (Wildman–Crippen LogP) is 2.90. The van der Waals surface area contributed by atoms with Crippen molar-refractivity contribution in [1.82, 2.24) is 9.55 Å². The highest BCUT2D eigenvalue weighted by atomic mass is 16.1. The summed E-state index contributed by atoms with van der Waals surface area (Å²) < 4.78 is 1.79. The average molecular weight is 230 g/mol. The molecule has 0 N–H and O–H groups in total. The standard InChI is InChI=1S/C14H18N2O/c1-3-4-7-10-16-11(2)15-13-9-6-5-8-12(13)14(16)17/h5-6,8-9H,3-4,7,10H2,1-2H3. The van der Waals surface area contributed by atoms with Crippen LogP contribution in [0, 0.1) is 6.92 Å². The third kappa shape index (κ3) is 2.38. The van der Waals surface area contributed by atoms with Crippen LogP contribution in [0.25, 0.3) is 10.9 Å². The summed E-state index contributed by atoms with van der Waals surface area (Å²) in [6.07, 6.45) is 3.35. The number of aromatic nitrogens is 2. The summed E-state index contributed by atoms with van der Waals surface area (Å²) in [5, 5.41) is 0.717. The molecule has 3 nitrogen and oxygen atoms in total. The Morgan fingerprint density at radius 3 is 2.76 bits per heavy atom. The van der Waals surface area contributed by atoms with E-state index in [4.69, 9.17) is 0 Å². The summed E-state index contributed by atoms with van der Waals surface area (Å²) in [5.74, 6) is 0.810. The van der Waals surface area contributed by atoms with Gasteiger partial charge in [-0.1, -0.05) is 31.9 Å². The monoisotopic (exact) mass is 230 g/mol. The van der Waals surface area contributed by atoms with Gasteiger partial charge in [-0.05, 0) is 25.5 Å². The number of hydrogen-bond acceptors (Lipinski definition) is 2. The van der Waals surface area contributed by atoms with Gasteiger partial charge in [0.15, 0.2) is 0 Å². The Bertz CT molecular complexity index is 572. The Morgan fingerprint density at radius 2 is 2.00 bits per heavy atom. The fourth-order valence-electron chi connectivity index (χ4n) is 2.06. The predicted molar refractivity (Wildman–Crippen MR) is 70.3 cm³/mol. The molecule has 1 aromatic heterocycles. The van der Waals surface area contributed by atoms with Gasteiger partial charge in [-0.15, -0.1) is 0 Å². The van der Waals surface area contributed by atoms with Crippen molar-refractivity contribution in [1.29, 1.82) is 0 Å². The zero-order chi connectivity index (χ0) is 12.3. The van der Waals surface area contributed by atoms with Crippen LogP contribution in [0.2, 0.25) is 0 Å². The van der Waals surface area contributed by atoms with Gasteiger partial charge < -0.3 is 0 Å². The molecule has 0 atom stereocenters. The number of fused-ring (bicyclic) bond motifs is 1. The van der Waals surface area contributed by atoms with Crippen molar-refractivity contribution in [3.8, 4) is 0 Å². The second-order valence-corrected chi connectivity index (χ2v) is 4.34. The third-order valence-electron chi connectivity index (χ3n) is 3.04. The van der Waals surface area contributed by atoms with Crippen molar-refractivity contribution < 1.29 is 0 Å². The molecule has 1 heterocycles. The van der Waals surface area contributed by atoms with Gasteiger partial charge in [0.2, 0.25) is 0 Å². The minimum Gasteiger partial charge on any atom is -0.296 e. The molecular formula is C14H18N2O. The van der Waals surface area contributed by atoms with Crippen LogP contribution >= 0.6 is 0 Å². The fraction of sp³-hybridized carbons (Fsp3) is 0.429. The van der Waals surface area contributed by atoms with Crippen LogP contribution in [-0.4, -0.2) is 9.55 Å². The lowest BCUT2D eigenvalue weighted by molar-refractivity contribution is 0.570. The van der Waals surface area contributed by atoms with Crippen LogP contribution in [0.4, 0.5) is 0 Å². The molecule has 2 aromatic rings. The normalized spacial score (nSPS) is 10.9. The average Bonchev–Trinajstić information content (AvgIpc) is 2.33. The van der Waals surface area contributed by atoms with Crippen molar-refractivity contribution in [3.05, 3.63) is 40.4 Å². The van der Waals surface area contributed by atoms with Crippen molar-refractivity contribution in [2.75, 3.05) is 0 Å². The maximum atomic E-state index is 12.3. The Balaban J connectivity index is 2.45. The minimum absolute atomic E-state index is 0.0872. The highest BCUT2D eigenvalue weighted by molar-refractivity contribution is 5.77. The summed E-state index contributed by atoms with van der Waals surface area (Å²) in [4.78, 5) is 16.7. The molecule has 0 spiro atoms. The van der Waals surface area contributed by atoms with Crippen molar-refractivity contribution in [2.24, 2.45) is 0 Å². The van der Waals surface area contributed by atoms with E-state index in [1.807, 2.05) is 31.2 Å². The molecular weight excluding hydrogens is 212 g/mol. The van der Waals surface area contributed by atoms with E-state index in [-0.39, 0.29) is 5.56 Å². The van der Waals surface area contributed by atoms with Crippen LogP contribution in [0.3, 0.4) is 0 Å². The zero-order valence-corrected chi connectivity index (χ0v) is 10.4. The first-order chi connectivity index (χ1) is 8.24. The van der Waals surface area contributed by atoms with Gasteiger partial charge in [-0.2, -0.15) is 0 Å². The largest absolute Gasteiger partial charge is 0.296 e. The van der Waals surface area contributed by atoms with Crippen LogP contribution in [0.15, 0.2) is 29.1 Å². The number of para-hydroxylation sites is 1. The molecule has 0 aliphatic carbocycles. The van der Waals surface area contributed by atoms with E-state index in [2.05, 4.69) is 11.9 Å². The van der Waals surface area contributed by atoms with Crippen LogP contribution in [0.1, 0.15) is 32.0 Å². The lowest BCUT2D eigenvalue weighted by atomic mass is 10.2. The van der Waals surface area contributed by atoms with Crippen LogP contribution in [0.5, 0.6) is 0 Å². The second kappa shape index (κ2) is 5.13. The number of aryl methyl sites for hydroxylation is 1. The topological polar surface area (TPSA) is 34.9 Å². The van der Waals surface area contributed by atoms with E-state index in [1.54, 1.807) is 4.57 Å². The maximum Gasteiger partial charge on any atom is 0.261 e. The van der Waals surface area contributed by atoms with Gasteiger partial charge in [0.25, 0.3) is 5.56 Å². The number of unbranched alkanes of at least 4 members (excludes halogenated alkanes) is 2. The Morgan fingerprint density at radius 1 is 1.24 bits per heavy atom. The highest BCUT2D eigenvalue weighted by Crippen LogP contribution is 2.08. The van der Waals surface area contributed by atoms with E-state index in [1.165, 1.54) is 0 Å². The van der Waals surface area contributed by atoms with E-state index < -0.39 is 0 Å². The number of benzene rings is 1. The summed E-state index contributed by atoms with van der Waals surface area (Å²) >= 11 is 0. The molecule has 0 saturated carbocycles. The van der Waals surface area contributed by atoms with E-state index in [0.717, 1.165) is 42.5 Å². The summed E-state index contributed by atoms with van der Waals surface area (Å²) in [5.41, 5.74) is 0.881. The smallest absolute Gasteiger partial charge is 0.261 e. The molecule has 17 heavy (non-hydrogen) atoms. The summed E-state index contributed by atoms with van der Waals surface area (Å²) in [6, 6.07) is 7.54. The van der Waals surface area contributed by atoms with Gasteiger partial charge in [-0.25, -0.2) is 4.98 Å². The molecule has 0 amide bonds. The van der Waals surface area contributed by atoms with Crippen molar-refractivity contribution >= 4 is 10.9 Å². The first-order valence-corrected chi connectivity index (χ1v) is 6.20. The fourth-order valence-corrected chi connectivity index (χ4v) is 2.06. The first kappa shape index (κ1) is 11.8. The molecule has 0 bridgehead atoms. The first-order valence-electron chi connectivity index (χ1n) is 6.20. The van der Waals surface area contributed by atoms with Gasteiger partial charge in [-0.3, -0.25) is 9.36 Å². The molecule has 0 radical (unpaired) electrons. The lowest BCUT2D eigenvalue weighted by Gasteiger charge is -2.10. The Labute approximate surface area is 101 Å². The van der Waals surface area contributed by atoms with E-state index in [9.17, 15) is 4.79 Å². The molecule has 2 rings (SSSR count). The van der Waals surface area contributed by atoms with Crippen molar-refractivity contribution in [3.63, 3.8) is 0 Å². The maximum absolute atomic E-state index is 12.3. The summed E-state index contributed by atoms with van der Waals surface area (Å²) in [7, 11) is 0. The summed E-state index contributed by atoms with van der Waals surface area (Å²) in [6.45, 7) is 4.84. The number of rotatable bonds is 4. The molecule has 0 unspecified atom stereocenters. The Kier molecular flexibility index (Phi) is 3.57. The molecule has 0 aliphatic heterocycles. The van der Waals surface area contributed by atoms with Crippen LogP contribution in [-0.2, 0) is 6.54 Å². The van der Waals surface area contributed by atoms with Gasteiger partial charge in [0, 0.05) is 6.54 Å². The zero-order valence-electron chi connectivity index (χ0n) is 10.4. The minimum atomic E-state index is 0.0872. The Hall–Kier alpha value is -1.64. The lowest BCUT2D eigenvalue weighted by Crippen LogP contribution is -2.23. The second-order valence-electron chi connectivity index (χ2n) is 4.34. The van der Waals surface area contributed by atoms with Crippen LogP contribution < -0.4 is 5.56 Å². The molecule has 0 saturated heterocycles. The highest BCUT2D eigenvalue weighted by Gasteiger charge is 2.06. The quantitative estimate of drug-likeness (QED) is 0.757. The molecule has 1 aromatic carbocycles. The molecule has 90 valence electrons. The van der Waals surface area contributed by atoms with Crippen molar-refractivity contribution in [2.45, 2.75) is 39.7 Å². The van der Waals surface area contributed by atoms with Gasteiger partial charge in [0.05, 0.1) is 10.9 Å². The SMILES string of the molecule is CCCCCn1c(C)nc2ccccc2c1=O. The number of hydrogen-bond donors (Lipinski definition) is 0. The molecule has 0 aliphatic rings. The van der Waals surface area contributed by atoms with E-state index >= 15 is 0 Å². The van der Waals surface area contributed by atoms with Gasteiger partial charge in [0.1, 0.15) is 5.82 Å². The third-order valence-corrected chi connectivity index (χ3v) is 3.04. The van der Waals surface area contributed by atoms with Gasteiger partial charge >= 0.3 is 0 Å². The molecule has 0 fully saturated rings. The number of nitrogens with zero attached hydrogens (tertiary/aromatic N) is 2.